The molecule has 0 radical (unpaired) electrons. The van der Waals surface area contributed by atoms with E-state index >= 15 is 0 Å². The third kappa shape index (κ3) is 4.09. The number of rotatable bonds is 4. The maximum atomic E-state index is 12.6. The van der Waals surface area contributed by atoms with Crippen LogP contribution < -0.4 is 10.6 Å². The van der Waals surface area contributed by atoms with Gasteiger partial charge in [-0.05, 0) is 42.5 Å². The SMILES string of the molecule is CC(=O)Nc1ccc(CN2CCC3(CC2)CC(c2ccccc2)C(=O)N3)cc1. The van der Waals surface area contributed by atoms with Gasteiger partial charge in [0.2, 0.25) is 11.8 Å². The van der Waals surface area contributed by atoms with Gasteiger partial charge in [0.25, 0.3) is 0 Å². The number of benzene rings is 2. The summed E-state index contributed by atoms with van der Waals surface area (Å²) in [7, 11) is 0. The number of anilines is 1. The predicted octanol–water partition coefficient (Wildman–Crippen LogP) is 3.28. The molecule has 28 heavy (non-hydrogen) atoms. The van der Waals surface area contributed by atoms with Crippen molar-refractivity contribution in [2.24, 2.45) is 0 Å². The first-order valence-corrected chi connectivity index (χ1v) is 9.99. The minimum Gasteiger partial charge on any atom is -0.350 e. The Morgan fingerprint density at radius 2 is 1.79 bits per heavy atom. The Hall–Kier alpha value is -2.66. The molecule has 0 saturated carbocycles. The van der Waals surface area contributed by atoms with Crippen molar-refractivity contribution < 1.29 is 9.59 Å². The molecule has 0 aromatic heterocycles. The molecule has 2 heterocycles. The van der Waals surface area contributed by atoms with Crippen LogP contribution in [0.2, 0.25) is 0 Å². The number of piperidine rings is 1. The fourth-order valence-electron chi connectivity index (χ4n) is 4.46. The molecule has 2 saturated heterocycles. The summed E-state index contributed by atoms with van der Waals surface area (Å²) in [5, 5.41) is 6.12. The number of hydrogen-bond acceptors (Lipinski definition) is 3. The molecule has 5 nitrogen and oxygen atoms in total. The summed E-state index contributed by atoms with van der Waals surface area (Å²) in [5.74, 6) is 0.101. The molecule has 2 amide bonds. The molecule has 5 heteroatoms. The van der Waals surface area contributed by atoms with Crippen LogP contribution in [0.5, 0.6) is 0 Å². The minimum atomic E-state index is -0.0542. The second kappa shape index (κ2) is 7.76. The quantitative estimate of drug-likeness (QED) is 0.860. The van der Waals surface area contributed by atoms with Gasteiger partial charge in [0.15, 0.2) is 0 Å². The van der Waals surface area contributed by atoms with Crippen LogP contribution in [0.25, 0.3) is 0 Å². The maximum absolute atomic E-state index is 12.6. The number of nitrogens with one attached hydrogen (secondary N) is 2. The molecule has 0 bridgehead atoms. The molecule has 2 fully saturated rings. The lowest BCUT2D eigenvalue weighted by molar-refractivity contribution is -0.121. The third-order valence-electron chi connectivity index (χ3n) is 6.00. The average molecular weight is 377 g/mol. The largest absolute Gasteiger partial charge is 0.350 e. The van der Waals surface area contributed by atoms with Crippen LogP contribution in [-0.4, -0.2) is 35.3 Å². The summed E-state index contributed by atoms with van der Waals surface area (Å²) in [4.78, 5) is 26.1. The van der Waals surface area contributed by atoms with Crippen LogP contribution in [0.3, 0.4) is 0 Å². The monoisotopic (exact) mass is 377 g/mol. The Balaban J connectivity index is 1.33. The molecular formula is C23H27N3O2. The van der Waals surface area contributed by atoms with Crippen LogP contribution >= 0.6 is 0 Å². The smallest absolute Gasteiger partial charge is 0.228 e. The van der Waals surface area contributed by atoms with E-state index in [9.17, 15) is 9.59 Å². The number of carbonyl (C=O) groups is 2. The second-order valence-electron chi connectivity index (χ2n) is 8.09. The molecule has 2 aliphatic heterocycles. The molecule has 2 aliphatic rings. The number of amides is 2. The van der Waals surface area contributed by atoms with Gasteiger partial charge in [0, 0.05) is 37.8 Å². The average Bonchev–Trinajstić information content (AvgIpc) is 3.02. The Bertz CT molecular complexity index is 840. The van der Waals surface area contributed by atoms with Gasteiger partial charge in [-0.25, -0.2) is 0 Å². The summed E-state index contributed by atoms with van der Waals surface area (Å²) in [6.45, 7) is 4.37. The van der Waals surface area contributed by atoms with Crippen LogP contribution in [0, 0.1) is 0 Å². The first kappa shape index (κ1) is 18.7. The molecule has 2 N–H and O–H groups in total. The van der Waals surface area contributed by atoms with E-state index in [2.05, 4.69) is 39.8 Å². The van der Waals surface area contributed by atoms with E-state index < -0.39 is 0 Å². The highest BCUT2D eigenvalue weighted by molar-refractivity contribution is 5.88. The van der Waals surface area contributed by atoms with E-state index in [1.807, 2.05) is 30.3 Å². The molecule has 1 spiro atoms. The van der Waals surface area contributed by atoms with E-state index in [1.54, 1.807) is 0 Å². The third-order valence-corrected chi connectivity index (χ3v) is 6.00. The van der Waals surface area contributed by atoms with Gasteiger partial charge in [-0.15, -0.1) is 0 Å². The number of nitrogens with zero attached hydrogens (tertiary/aromatic N) is 1. The van der Waals surface area contributed by atoms with Crippen LogP contribution in [0.4, 0.5) is 5.69 Å². The standard InChI is InChI=1S/C23H27N3O2/c1-17(27)24-20-9-7-18(8-10-20)16-26-13-11-23(12-14-26)15-21(22(28)25-23)19-5-3-2-4-6-19/h2-10,21H,11-16H2,1H3,(H,24,27)(H,25,28). The highest BCUT2D eigenvalue weighted by atomic mass is 16.2. The number of likely N-dealkylation sites (tertiary alicyclic amines) is 1. The van der Waals surface area contributed by atoms with Gasteiger partial charge in [0.05, 0.1) is 5.92 Å². The number of hydrogen-bond donors (Lipinski definition) is 2. The zero-order valence-electron chi connectivity index (χ0n) is 16.3. The zero-order chi connectivity index (χ0) is 19.6. The van der Waals surface area contributed by atoms with Crippen molar-refractivity contribution in [3.63, 3.8) is 0 Å². The van der Waals surface area contributed by atoms with Crippen molar-refractivity contribution in [2.75, 3.05) is 18.4 Å². The van der Waals surface area contributed by atoms with Gasteiger partial charge < -0.3 is 10.6 Å². The lowest BCUT2D eigenvalue weighted by atomic mass is 9.82. The van der Waals surface area contributed by atoms with Crippen molar-refractivity contribution >= 4 is 17.5 Å². The van der Waals surface area contributed by atoms with Crippen LogP contribution in [0.1, 0.15) is 43.2 Å². The van der Waals surface area contributed by atoms with E-state index in [0.717, 1.165) is 50.1 Å². The van der Waals surface area contributed by atoms with Crippen molar-refractivity contribution in [3.05, 3.63) is 65.7 Å². The molecule has 1 atom stereocenters. The van der Waals surface area contributed by atoms with Crippen LogP contribution in [0.15, 0.2) is 54.6 Å². The van der Waals surface area contributed by atoms with Gasteiger partial charge in [-0.2, -0.15) is 0 Å². The Kier molecular flexibility index (Phi) is 5.18. The maximum Gasteiger partial charge on any atom is 0.228 e. The summed E-state index contributed by atoms with van der Waals surface area (Å²) < 4.78 is 0. The topological polar surface area (TPSA) is 61.4 Å². The highest BCUT2D eigenvalue weighted by Crippen LogP contribution is 2.39. The van der Waals surface area contributed by atoms with Gasteiger partial charge >= 0.3 is 0 Å². The lowest BCUT2D eigenvalue weighted by Crippen LogP contribution is -2.50. The molecular weight excluding hydrogens is 350 g/mol. The van der Waals surface area contributed by atoms with E-state index in [1.165, 1.54) is 12.5 Å². The van der Waals surface area contributed by atoms with Crippen molar-refractivity contribution in [3.8, 4) is 0 Å². The van der Waals surface area contributed by atoms with Crippen molar-refractivity contribution in [1.29, 1.82) is 0 Å². The van der Waals surface area contributed by atoms with Gasteiger partial charge in [-0.1, -0.05) is 42.5 Å². The van der Waals surface area contributed by atoms with Gasteiger partial charge in [0.1, 0.15) is 0 Å². The molecule has 146 valence electrons. The molecule has 1 unspecified atom stereocenters. The summed E-state index contributed by atoms with van der Waals surface area (Å²) in [6, 6.07) is 18.2. The first-order valence-electron chi connectivity index (χ1n) is 9.99. The molecule has 2 aromatic carbocycles. The Labute approximate surface area is 166 Å². The fraction of sp³-hybridized carbons (Fsp3) is 0.391. The first-order chi connectivity index (χ1) is 13.5. The molecule has 0 aliphatic carbocycles. The number of carbonyl (C=O) groups excluding carboxylic acids is 2. The molecule has 2 aromatic rings. The Morgan fingerprint density at radius 1 is 1.11 bits per heavy atom. The summed E-state index contributed by atoms with van der Waals surface area (Å²) >= 11 is 0. The second-order valence-corrected chi connectivity index (χ2v) is 8.09. The van der Waals surface area contributed by atoms with Crippen molar-refractivity contribution in [2.45, 2.75) is 44.2 Å². The highest BCUT2D eigenvalue weighted by Gasteiger charge is 2.45. The Morgan fingerprint density at radius 3 is 2.43 bits per heavy atom. The van der Waals surface area contributed by atoms with Gasteiger partial charge in [-0.3, -0.25) is 14.5 Å². The summed E-state index contributed by atoms with van der Waals surface area (Å²) in [5.41, 5.74) is 3.14. The summed E-state index contributed by atoms with van der Waals surface area (Å²) in [6.07, 6.45) is 2.88. The fourth-order valence-corrected chi connectivity index (χ4v) is 4.46. The predicted molar refractivity (Wildman–Crippen MR) is 110 cm³/mol. The molecule has 4 rings (SSSR count). The van der Waals surface area contributed by atoms with E-state index in [0.29, 0.717) is 0 Å². The van der Waals surface area contributed by atoms with E-state index in [-0.39, 0.29) is 23.3 Å². The lowest BCUT2D eigenvalue weighted by Gasteiger charge is -2.39. The minimum absolute atomic E-state index is 0.0194. The van der Waals surface area contributed by atoms with E-state index in [4.69, 9.17) is 0 Å². The van der Waals surface area contributed by atoms with Crippen LogP contribution in [-0.2, 0) is 16.1 Å². The van der Waals surface area contributed by atoms with Crippen molar-refractivity contribution in [1.82, 2.24) is 10.2 Å². The zero-order valence-corrected chi connectivity index (χ0v) is 16.3. The normalized spacial score (nSPS) is 21.5.